The minimum Gasteiger partial charge on any atom is -0.314 e. The fraction of sp³-hybridized carbons (Fsp3) is 0.917. The van der Waals surface area contributed by atoms with Crippen molar-refractivity contribution in [1.82, 2.24) is 10.2 Å². The predicted molar refractivity (Wildman–Crippen MR) is 63.0 cm³/mol. The van der Waals surface area contributed by atoms with Gasteiger partial charge in [-0.1, -0.05) is 13.8 Å². The monoisotopic (exact) mass is 212 g/mol. The zero-order valence-electron chi connectivity index (χ0n) is 10.5. The topological polar surface area (TPSA) is 32.3 Å². The first kappa shape index (κ1) is 12.7. The van der Waals surface area contributed by atoms with Crippen molar-refractivity contribution in [2.75, 3.05) is 26.2 Å². The van der Waals surface area contributed by atoms with Crippen molar-refractivity contribution >= 4 is 5.78 Å². The van der Waals surface area contributed by atoms with Gasteiger partial charge in [0.2, 0.25) is 0 Å². The lowest BCUT2D eigenvalue weighted by Crippen LogP contribution is -2.54. The van der Waals surface area contributed by atoms with Crippen LogP contribution in [0, 0.1) is 5.92 Å². The Kier molecular flexibility index (Phi) is 4.29. The summed E-state index contributed by atoms with van der Waals surface area (Å²) in [7, 11) is 0. The maximum absolute atomic E-state index is 11.8. The number of rotatable bonds is 4. The average molecular weight is 212 g/mol. The maximum Gasteiger partial charge on any atom is 0.137 e. The third-order valence-corrected chi connectivity index (χ3v) is 3.22. The van der Waals surface area contributed by atoms with E-state index in [0.717, 1.165) is 26.2 Å². The van der Waals surface area contributed by atoms with E-state index in [1.54, 1.807) is 0 Å². The van der Waals surface area contributed by atoms with Crippen molar-refractivity contribution in [3.8, 4) is 0 Å². The average Bonchev–Trinajstić information content (AvgIpc) is 2.18. The molecule has 88 valence electrons. The van der Waals surface area contributed by atoms with Crippen LogP contribution in [-0.4, -0.2) is 42.4 Å². The summed E-state index contributed by atoms with van der Waals surface area (Å²) in [6, 6.07) is 0. The number of hydrogen-bond donors (Lipinski definition) is 1. The fourth-order valence-electron chi connectivity index (χ4n) is 2.01. The molecule has 0 saturated carbocycles. The molecule has 1 N–H and O–H groups in total. The van der Waals surface area contributed by atoms with Gasteiger partial charge in [0.15, 0.2) is 0 Å². The number of ketones is 1. The molecule has 0 aromatic heterocycles. The lowest BCUT2D eigenvalue weighted by atomic mass is 9.90. The van der Waals surface area contributed by atoms with Gasteiger partial charge in [0.25, 0.3) is 0 Å². The first-order valence-corrected chi connectivity index (χ1v) is 5.92. The lowest BCUT2D eigenvalue weighted by Gasteiger charge is -2.41. The molecule has 1 aliphatic rings. The fourth-order valence-corrected chi connectivity index (χ4v) is 2.01. The van der Waals surface area contributed by atoms with E-state index in [9.17, 15) is 4.79 Å². The van der Waals surface area contributed by atoms with Gasteiger partial charge < -0.3 is 5.32 Å². The Labute approximate surface area is 93.2 Å². The van der Waals surface area contributed by atoms with Crippen LogP contribution in [0.1, 0.15) is 34.1 Å². The Hall–Kier alpha value is -0.410. The second-order valence-corrected chi connectivity index (χ2v) is 5.35. The van der Waals surface area contributed by atoms with Crippen molar-refractivity contribution in [1.29, 1.82) is 0 Å². The van der Waals surface area contributed by atoms with Crippen molar-refractivity contribution in [3.63, 3.8) is 0 Å². The highest BCUT2D eigenvalue weighted by atomic mass is 16.1. The molecule has 0 radical (unpaired) electrons. The van der Waals surface area contributed by atoms with Crippen LogP contribution in [0.4, 0.5) is 0 Å². The molecule has 1 aliphatic heterocycles. The smallest absolute Gasteiger partial charge is 0.137 e. The normalized spacial score (nSPS) is 19.5. The largest absolute Gasteiger partial charge is 0.314 e. The lowest BCUT2D eigenvalue weighted by molar-refractivity contribution is -0.124. The van der Waals surface area contributed by atoms with E-state index in [1.165, 1.54) is 0 Å². The van der Waals surface area contributed by atoms with Gasteiger partial charge in [-0.25, -0.2) is 0 Å². The molecule has 0 aromatic carbocycles. The molecular formula is C12H24N2O. The third-order valence-electron chi connectivity index (χ3n) is 3.22. The van der Waals surface area contributed by atoms with E-state index in [2.05, 4.69) is 24.1 Å². The van der Waals surface area contributed by atoms with E-state index in [0.29, 0.717) is 12.2 Å². The van der Waals surface area contributed by atoms with Crippen LogP contribution in [0.2, 0.25) is 0 Å². The van der Waals surface area contributed by atoms with Gasteiger partial charge in [0.1, 0.15) is 5.78 Å². The quantitative estimate of drug-likeness (QED) is 0.762. The molecule has 0 aromatic rings. The summed E-state index contributed by atoms with van der Waals surface area (Å²) in [5.41, 5.74) is 0.0173. The summed E-state index contributed by atoms with van der Waals surface area (Å²) in [4.78, 5) is 14.2. The van der Waals surface area contributed by atoms with Crippen LogP contribution >= 0.6 is 0 Å². The Morgan fingerprint density at radius 3 is 2.33 bits per heavy atom. The molecule has 1 rings (SSSR count). The molecule has 1 saturated heterocycles. The van der Waals surface area contributed by atoms with Crippen molar-refractivity contribution in [3.05, 3.63) is 0 Å². The van der Waals surface area contributed by atoms with Gasteiger partial charge in [-0.15, -0.1) is 0 Å². The molecule has 0 bridgehead atoms. The zero-order chi connectivity index (χ0) is 11.5. The molecular weight excluding hydrogens is 188 g/mol. The molecule has 0 atom stereocenters. The zero-order valence-corrected chi connectivity index (χ0v) is 10.5. The predicted octanol–water partition coefficient (Wildman–Crippen LogP) is 1.29. The number of carbonyl (C=O) groups excluding carboxylic acids is 1. The second-order valence-electron chi connectivity index (χ2n) is 5.35. The van der Waals surface area contributed by atoms with Crippen molar-refractivity contribution in [2.45, 2.75) is 39.7 Å². The number of piperazine rings is 1. The minimum atomic E-state index is 0.0173. The molecule has 15 heavy (non-hydrogen) atoms. The third kappa shape index (κ3) is 3.58. The molecule has 1 fully saturated rings. The van der Waals surface area contributed by atoms with E-state index >= 15 is 0 Å². The van der Waals surface area contributed by atoms with E-state index in [-0.39, 0.29) is 11.5 Å². The van der Waals surface area contributed by atoms with Crippen LogP contribution in [-0.2, 0) is 4.79 Å². The van der Waals surface area contributed by atoms with Crippen molar-refractivity contribution in [2.24, 2.45) is 5.92 Å². The number of Topliss-reactive ketones (excluding diaryl/α,β-unsaturated/α-hetero) is 1. The first-order chi connectivity index (χ1) is 6.93. The van der Waals surface area contributed by atoms with Crippen LogP contribution < -0.4 is 5.32 Å². The Balaban J connectivity index is 2.52. The number of nitrogens with zero attached hydrogens (tertiary/aromatic N) is 1. The first-order valence-electron chi connectivity index (χ1n) is 5.92. The molecule has 1 heterocycles. The second kappa shape index (κ2) is 5.08. The van der Waals surface area contributed by atoms with E-state index in [1.807, 2.05) is 13.8 Å². The number of carbonyl (C=O) groups is 1. The van der Waals surface area contributed by atoms with E-state index in [4.69, 9.17) is 0 Å². The summed E-state index contributed by atoms with van der Waals surface area (Å²) in [6.07, 6.45) is 0.671. The maximum atomic E-state index is 11.8. The summed E-state index contributed by atoms with van der Waals surface area (Å²) in [6.45, 7) is 12.5. The van der Waals surface area contributed by atoms with Gasteiger partial charge in [0, 0.05) is 44.1 Å². The van der Waals surface area contributed by atoms with Crippen LogP contribution in [0.15, 0.2) is 0 Å². The minimum absolute atomic E-state index is 0.0173. The standard InChI is InChI=1S/C12H24N2O/c1-10(2)11(15)9-12(3,4)14-7-5-13-6-8-14/h10,13H,5-9H2,1-4H3. The molecule has 3 heteroatoms. The summed E-state index contributed by atoms with van der Waals surface area (Å²) in [5, 5.41) is 3.34. The molecule has 0 unspecified atom stereocenters. The summed E-state index contributed by atoms with van der Waals surface area (Å²) < 4.78 is 0. The van der Waals surface area contributed by atoms with Crippen LogP contribution in [0.25, 0.3) is 0 Å². The van der Waals surface area contributed by atoms with Crippen molar-refractivity contribution < 1.29 is 4.79 Å². The molecule has 0 aliphatic carbocycles. The molecule has 3 nitrogen and oxygen atoms in total. The molecule has 0 spiro atoms. The van der Waals surface area contributed by atoms with Gasteiger partial charge in [-0.3, -0.25) is 9.69 Å². The summed E-state index contributed by atoms with van der Waals surface area (Å²) in [5.74, 6) is 0.533. The van der Waals surface area contributed by atoms with Crippen LogP contribution in [0.5, 0.6) is 0 Å². The Morgan fingerprint density at radius 2 is 1.87 bits per heavy atom. The Morgan fingerprint density at radius 1 is 1.33 bits per heavy atom. The highest BCUT2D eigenvalue weighted by molar-refractivity contribution is 5.81. The highest BCUT2D eigenvalue weighted by Gasteiger charge is 2.30. The van der Waals surface area contributed by atoms with Gasteiger partial charge in [-0.2, -0.15) is 0 Å². The van der Waals surface area contributed by atoms with Gasteiger partial charge in [-0.05, 0) is 13.8 Å². The van der Waals surface area contributed by atoms with Crippen LogP contribution in [0.3, 0.4) is 0 Å². The Bertz CT molecular complexity index is 218. The number of hydrogen-bond acceptors (Lipinski definition) is 3. The van der Waals surface area contributed by atoms with E-state index < -0.39 is 0 Å². The van der Waals surface area contributed by atoms with Gasteiger partial charge >= 0.3 is 0 Å². The SMILES string of the molecule is CC(C)C(=O)CC(C)(C)N1CCNCC1. The molecule has 0 amide bonds. The summed E-state index contributed by atoms with van der Waals surface area (Å²) >= 11 is 0. The number of nitrogens with one attached hydrogen (secondary N) is 1. The van der Waals surface area contributed by atoms with Gasteiger partial charge in [0.05, 0.1) is 0 Å². The highest BCUT2D eigenvalue weighted by Crippen LogP contribution is 2.21.